The van der Waals surface area contributed by atoms with E-state index < -0.39 is 96.1 Å². The van der Waals surface area contributed by atoms with Crippen molar-refractivity contribution in [3.05, 3.63) is 0 Å². The van der Waals surface area contributed by atoms with Gasteiger partial charge in [-0.05, 0) is 288 Å². The lowest BCUT2D eigenvalue weighted by Gasteiger charge is -2.65. The van der Waals surface area contributed by atoms with E-state index in [0.717, 1.165) is 154 Å². The van der Waals surface area contributed by atoms with Gasteiger partial charge in [0, 0.05) is 85.0 Å². The van der Waals surface area contributed by atoms with E-state index in [2.05, 4.69) is 6.92 Å². The lowest BCUT2D eigenvalue weighted by molar-refractivity contribution is -0.307. The molecule has 0 aromatic carbocycles. The molecule has 18 fully saturated rings. The molecule has 18 rings (SSSR count). The fourth-order valence-corrected chi connectivity index (χ4v) is 25.1. The first-order valence-corrected chi connectivity index (χ1v) is 47.5. The van der Waals surface area contributed by atoms with Crippen molar-refractivity contribution in [3.63, 3.8) is 0 Å². The van der Waals surface area contributed by atoms with Crippen LogP contribution in [0.4, 0.5) is 14.4 Å². The van der Waals surface area contributed by atoms with Crippen molar-refractivity contribution in [2.45, 2.75) is 480 Å². The Morgan fingerprint density at radius 1 is 0.287 bits per heavy atom. The molecule has 0 N–H and O–H groups in total. The number of hydrogen-bond acceptors (Lipinski definition) is 24. The highest BCUT2D eigenvalue weighted by Crippen LogP contribution is 2.68. The van der Waals surface area contributed by atoms with Gasteiger partial charge in [-0.1, -0.05) is 79.1 Å². The first-order chi connectivity index (χ1) is 56.6. The SMILES string of the molecule is CCC(C)(C)C(=O)OC12CC3CC(CC(OC(=O)OC(C)(C)C)(C3)C1)C2.CCC(C)(C)C(=O)OC12CC3CC(OC(=O)OC(C)(C)C)(CC(OC(=O)OC(C)(C)C)(C3)C1)C2.CCC(C)(C)C(=O)OC12CC3CC(OCCC4CCCCC4)(CC(OCOC4CCCCC4)(C3)C1)C2.CCC(C)(C)C(=O)OC12CC3CC(OCOC)(CC(OCOC)(C3)C1)C2. The smallest absolute Gasteiger partial charge is 0.458 e. The second-order valence-corrected chi connectivity index (χ2v) is 47.1. The average molecular weight is 1720 g/mol. The molecule has 0 spiro atoms. The van der Waals surface area contributed by atoms with Gasteiger partial charge in [-0.15, -0.1) is 0 Å². The van der Waals surface area contributed by atoms with Crippen LogP contribution in [0.1, 0.15) is 396 Å². The number of hydrogen-bond donors (Lipinski definition) is 0. The topological polar surface area (TPSA) is 276 Å². The summed E-state index contributed by atoms with van der Waals surface area (Å²) in [5, 5.41) is 0. The maximum Gasteiger partial charge on any atom is 0.509 e. The third-order valence-electron chi connectivity index (χ3n) is 30.6. The Morgan fingerprint density at radius 3 is 0.852 bits per heavy atom. The van der Waals surface area contributed by atoms with E-state index >= 15 is 0 Å². The Morgan fingerprint density at radius 2 is 0.533 bits per heavy atom. The summed E-state index contributed by atoms with van der Waals surface area (Å²) in [5.41, 5.74) is -10.0. The molecule has 16 bridgehead atoms. The van der Waals surface area contributed by atoms with E-state index in [1.807, 2.05) is 96.9 Å². The standard InChI is InChI=1S/C31H52O5.C26H42O8.C21H34O5.C20H34O6/c1-4-28(2,3)27(32)36-31-19-25-17-29(21-31,34-16-15-24-11-7-5-8-12-24)20-30(18-25,22-31)35-23-33-26-13-9-6-10-14-26;1-10-23(8,9)18(27)30-24-11-17-12-25(14-24,33-19(28)31-21(2,3)4)16-26(13-17,15-24)34-20(29)32-22(5,6)7;1-7-19(5,6)16(22)24-20-9-14-8-15(10-20)12-21(11-14,13-20)26-17(23)25-18(2,3)4;1-6-17(2,3)16(21)26-20-9-15-7-18(11-20,24-13-22-4)10-19(8-15,12-20)25-14-23-5/h24-26H,4-23H2,1-3H3;17H,10-16H2,1-9H3;14-15H,7-13H2,1-6H3;15H,6-14H2,1-5H3. The summed E-state index contributed by atoms with van der Waals surface area (Å²) in [4.78, 5) is 89.8. The minimum atomic E-state index is -0.944. The number of rotatable bonds is 29. The summed E-state index contributed by atoms with van der Waals surface area (Å²) in [5.74, 6) is 2.11. The summed E-state index contributed by atoms with van der Waals surface area (Å²) in [7, 11) is 3.27. The van der Waals surface area contributed by atoms with Crippen molar-refractivity contribution >= 4 is 42.3 Å². The van der Waals surface area contributed by atoms with Crippen molar-refractivity contribution < 1.29 is 114 Å². The van der Waals surface area contributed by atoms with Crippen molar-refractivity contribution in [1.82, 2.24) is 0 Å². The lowest BCUT2D eigenvalue weighted by Crippen LogP contribution is -2.69. The van der Waals surface area contributed by atoms with Gasteiger partial charge in [0.25, 0.3) is 0 Å². The molecule has 18 saturated carbocycles. The van der Waals surface area contributed by atoms with E-state index in [4.69, 9.17) is 80.5 Å². The Bertz CT molecular complexity index is 3490. The quantitative estimate of drug-likeness (QED) is 0.0382. The predicted octanol–water partition coefficient (Wildman–Crippen LogP) is 22.0. The highest BCUT2D eigenvalue weighted by atomic mass is 16.8. The van der Waals surface area contributed by atoms with Crippen LogP contribution in [0.25, 0.3) is 0 Å². The lowest BCUT2D eigenvalue weighted by atomic mass is 9.50. The Labute approximate surface area is 731 Å². The molecule has 10 unspecified atom stereocenters. The Kier molecular flexibility index (Phi) is 29.5. The van der Waals surface area contributed by atoms with Crippen LogP contribution in [0.15, 0.2) is 0 Å². The van der Waals surface area contributed by atoms with Crippen LogP contribution in [0.3, 0.4) is 0 Å². The zero-order chi connectivity index (χ0) is 89.5. The van der Waals surface area contributed by atoms with E-state index in [1.54, 1.807) is 55.8 Å². The molecule has 0 amide bonds. The van der Waals surface area contributed by atoms with Gasteiger partial charge in [0.2, 0.25) is 0 Å². The normalized spacial score (nSPS) is 36.0. The highest BCUT2D eigenvalue weighted by molar-refractivity contribution is 5.78. The molecule has 0 aromatic heterocycles. The summed E-state index contributed by atoms with van der Waals surface area (Å²) in [6, 6.07) is 0. The highest BCUT2D eigenvalue weighted by Gasteiger charge is 2.72. The molecule has 24 heteroatoms. The minimum absolute atomic E-state index is 0.0575. The van der Waals surface area contributed by atoms with Gasteiger partial charge in [0.15, 0.2) is 0 Å². The number of carbonyl (C=O) groups is 7. The van der Waals surface area contributed by atoms with E-state index in [9.17, 15) is 33.6 Å². The van der Waals surface area contributed by atoms with Crippen LogP contribution >= 0.6 is 0 Å². The fourth-order valence-electron chi connectivity index (χ4n) is 25.1. The van der Waals surface area contributed by atoms with Crippen LogP contribution in [-0.2, 0) is 99.7 Å². The van der Waals surface area contributed by atoms with Crippen molar-refractivity contribution in [3.8, 4) is 0 Å². The molecule has 698 valence electrons. The second kappa shape index (κ2) is 36.7. The fraction of sp³-hybridized carbons (Fsp3) is 0.929. The number of ether oxygens (including phenoxy) is 17. The summed E-state index contributed by atoms with van der Waals surface area (Å²) in [6.45, 7) is 41.4. The molecule has 10 atom stereocenters. The molecular formula is C98H162O24. The van der Waals surface area contributed by atoms with Gasteiger partial charge >= 0.3 is 42.3 Å². The van der Waals surface area contributed by atoms with Crippen LogP contribution in [0.2, 0.25) is 0 Å². The maximum atomic E-state index is 13.3. The number of esters is 4. The molecule has 24 nitrogen and oxygen atoms in total. The zero-order valence-electron chi connectivity index (χ0n) is 79.7. The van der Waals surface area contributed by atoms with E-state index in [0.29, 0.717) is 87.9 Å². The molecule has 0 radical (unpaired) electrons. The third-order valence-corrected chi connectivity index (χ3v) is 30.6. The van der Waals surface area contributed by atoms with Crippen molar-refractivity contribution in [2.24, 2.45) is 57.2 Å². The van der Waals surface area contributed by atoms with Crippen molar-refractivity contribution in [2.75, 3.05) is 41.2 Å². The maximum absolute atomic E-state index is 13.3. The van der Waals surface area contributed by atoms with Gasteiger partial charge in [0.1, 0.15) is 76.4 Å². The van der Waals surface area contributed by atoms with Gasteiger partial charge < -0.3 is 80.5 Å². The van der Waals surface area contributed by atoms with Gasteiger partial charge in [-0.2, -0.15) is 0 Å². The zero-order valence-corrected chi connectivity index (χ0v) is 79.7. The first kappa shape index (κ1) is 98.0. The predicted molar refractivity (Wildman–Crippen MR) is 458 cm³/mol. The Hall–Kier alpha value is -4.59. The monoisotopic (exact) mass is 1720 g/mol. The average Bonchev–Trinajstić information content (AvgIpc) is 0.710. The van der Waals surface area contributed by atoms with Gasteiger partial charge in [-0.25, -0.2) is 14.4 Å². The molecule has 0 heterocycles. The second-order valence-electron chi connectivity index (χ2n) is 47.1. The molecular weight excluding hydrogens is 1560 g/mol. The molecule has 18 aliphatic carbocycles. The van der Waals surface area contributed by atoms with Gasteiger partial charge in [0.05, 0.1) is 50.2 Å². The molecule has 18 aliphatic rings. The van der Waals surface area contributed by atoms with E-state index in [-0.39, 0.29) is 65.8 Å². The van der Waals surface area contributed by atoms with Crippen LogP contribution in [-0.4, -0.2) is 168 Å². The molecule has 0 saturated heterocycles. The minimum Gasteiger partial charge on any atom is -0.458 e. The molecule has 122 heavy (non-hydrogen) atoms. The van der Waals surface area contributed by atoms with Gasteiger partial charge in [-0.3, -0.25) is 19.2 Å². The summed E-state index contributed by atoms with van der Waals surface area (Å²) >= 11 is 0. The number of methoxy groups -OCH3 is 2. The van der Waals surface area contributed by atoms with E-state index in [1.165, 1.54) is 57.8 Å². The first-order valence-electron chi connectivity index (χ1n) is 47.5. The largest absolute Gasteiger partial charge is 0.509 e. The summed E-state index contributed by atoms with van der Waals surface area (Å²) < 4.78 is 102. The Balaban J connectivity index is 0.000000160. The van der Waals surface area contributed by atoms with Crippen molar-refractivity contribution in [1.29, 1.82) is 0 Å². The number of carbonyl (C=O) groups excluding carboxylic acids is 7. The van der Waals surface area contributed by atoms with Crippen LogP contribution in [0, 0.1) is 57.2 Å². The van der Waals surface area contributed by atoms with Crippen LogP contribution < -0.4 is 0 Å². The third kappa shape index (κ3) is 24.1. The molecule has 0 aromatic rings. The van der Waals surface area contributed by atoms with Crippen LogP contribution in [0.5, 0.6) is 0 Å². The summed E-state index contributed by atoms with van der Waals surface area (Å²) in [6.07, 6.45) is 34.3. The molecule has 0 aliphatic heterocycles.